The summed E-state index contributed by atoms with van der Waals surface area (Å²) in [6.07, 6.45) is 1.86. The van der Waals surface area contributed by atoms with Gasteiger partial charge < -0.3 is 10.5 Å². The highest BCUT2D eigenvalue weighted by Crippen LogP contribution is 2.23. The van der Waals surface area contributed by atoms with Crippen molar-refractivity contribution >= 4 is 0 Å². The van der Waals surface area contributed by atoms with E-state index >= 15 is 0 Å². The summed E-state index contributed by atoms with van der Waals surface area (Å²) in [4.78, 5) is 4.46. The van der Waals surface area contributed by atoms with E-state index in [9.17, 15) is 0 Å². The summed E-state index contributed by atoms with van der Waals surface area (Å²) >= 11 is 0. The number of benzene rings is 1. The van der Waals surface area contributed by atoms with Crippen LogP contribution in [0.1, 0.15) is 35.3 Å². The van der Waals surface area contributed by atoms with Crippen LogP contribution in [0.5, 0.6) is 5.75 Å². The fourth-order valence-corrected chi connectivity index (χ4v) is 2.15. The molecule has 3 nitrogen and oxygen atoms in total. The first-order valence-corrected chi connectivity index (χ1v) is 6.53. The lowest BCUT2D eigenvalue weighted by molar-refractivity contribution is 0.340. The summed E-state index contributed by atoms with van der Waals surface area (Å²) in [5.41, 5.74) is 10.5. The highest BCUT2D eigenvalue weighted by molar-refractivity contribution is 5.36. The van der Waals surface area contributed by atoms with Crippen molar-refractivity contribution in [2.75, 3.05) is 6.61 Å². The van der Waals surface area contributed by atoms with Crippen LogP contribution >= 0.6 is 0 Å². The van der Waals surface area contributed by atoms with Crippen molar-refractivity contribution in [1.82, 2.24) is 4.98 Å². The fourth-order valence-electron chi connectivity index (χ4n) is 2.15. The predicted octanol–water partition coefficient (Wildman–Crippen LogP) is 3.15. The molecule has 0 aliphatic carbocycles. The number of hydrogen-bond acceptors (Lipinski definition) is 3. The van der Waals surface area contributed by atoms with Crippen LogP contribution in [0.4, 0.5) is 0 Å². The first kappa shape index (κ1) is 13.6. The van der Waals surface area contributed by atoms with Gasteiger partial charge in [-0.05, 0) is 49.6 Å². The van der Waals surface area contributed by atoms with Gasteiger partial charge in [-0.25, -0.2) is 0 Å². The highest BCUT2D eigenvalue weighted by atomic mass is 16.5. The normalized spacial score (nSPS) is 12.2. The monoisotopic (exact) mass is 256 g/mol. The van der Waals surface area contributed by atoms with Gasteiger partial charge in [0, 0.05) is 6.20 Å². The maximum atomic E-state index is 6.29. The van der Waals surface area contributed by atoms with Crippen LogP contribution in [-0.2, 0) is 0 Å². The van der Waals surface area contributed by atoms with Crippen LogP contribution in [0.2, 0.25) is 0 Å². The molecule has 0 aliphatic rings. The van der Waals surface area contributed by atoms with E-state index < -0.39 is 0 Å². The van der Waals surface area contributed by atoms with E-state index in [2.05, 4.69) is 11.1 Å². The maximum Gasteiger partial charge on any atom is 0.119 e. The van der Waals surface area contributed by atoms with E-state index in [4.69, 9.17) is 10.5 Å². The van der Waals surface area contributed by atoms with E-state index in [1.54, 1.807) is 0 Å². The molecule has 1 aromatic carbocycles. The summed E-state index contributed by atoms with van der Waals surface area (Å²) < 4.78 is 5.43. The zero-order chi connectivity index (χ0) is 13.8. The summed E-state index contributed by atoms with van der Waals surface area (Å²) in [6.45, 7) is 6.72. The molecule has 0 saturated heterocycles. The molecule has 1 heterocycles. The molecule has 2 N–H and O–H groups in total. The molecule has 2 aromatic rings. The average molecular weight is 256 g/mol. The van der Waals surface area contributed by atoms with E-state index in [0.29, 0.717) is 6.61 Å². The lowest BCUT2D eigenvalue weighted by atomic mass is 10.00. The third-order valence-corrected chi connectivity index (χ3v) is 3.10. The Hall–Kier alpha value is -1.87. The minimum Gasteiger partial charge on any atom is -0.494 e. The maximum absolute atomic E-state index is 6.29. The molecular formula is C16H20N2O. The predicted molar refractivity (Wildman–Crippen MR) is 77.4 cm³/mol. The van der Waals surface area contributed by atoms with Crippen LogP contribution in [0.25, 0.3) is 0 Å². The minimum absolute atomic E-state index is 0.198. The number of ether oxygens (including phenoxy) is 1. The van der Waals surface area contributed by atoms with Gasteiger partial charge in [0.2, 0.25) is 0 Å². The highest BCUT2D eigenvalue weighted by Gasteiger charge is 2.13. The third-order valence-electron chi connectivity index (χ3n) is 3.10. The number of hydrogen-bond donors (Lipinski definition) is 1. The Labute approximate surface area is 114 Å². The van der Waals surface area contributed by atoms with Crippen LogP contribution in [0, 0.1) is 13.8 Å². The molecule has 0 saturated carbocycles. The Morgan fingerprint density at radius 1 is 1.21 bits per heavy atom. The van der Waals surface area contributed by atoms with E-state index in [1.165, 1.54) is 0 Å². The Balaban J connectivity index is 2.25. The van der Waals surface area contributed by atoms with E-state index in [-0.39, 0.29) is 6.04 Å². The summed E-state index contributed by atoms with van der Waals surface area (Å²) in [5.74, 6) is 0.868. The van der Waals surface area contributed by atoms with Gasteiger partial charge in [-0.3, -0.25) is 4.98 Å². The molecule has 2 rings (SSSR count). The van der Waals surface area contributed by atoms with Gasteiger partial charge in [-0.15, -0.1) is 0 Å². The number of rotatable bonds is 4. The molecule has 3 heteroatoms. The third kappa shape index (κ3) is 3.12. The molecule has 1 unspecified atom stereocenters. The van der Waals surface area contributed by atoms with Crippen molar-refractivity contribution in [3.8, 4) is 5.75 Å². The lowest BCUT2D eigenvalue weighted by Gasteiger charge is -2.15. The smallest absolute Gasteiger partial charge is 0.119 e. The molecule has 0 radical (unpaired) electrons. The van der Waals surface area contributed by atoms with Gasteiger partial charge in [0.25, 0.3) is 0 Å². The molecule has 0 bridgehead atoms. The van der Waals surface area contributed by atoms with E-state index in [1.807, 2.05) is 51.2 Å². The van der Waals surface area contributed by atoms with Gasteiger partial charge in [0.1, 0.15) is 5.75 Å². The Morgan fingerprint density at radius 3 is 2.47 bits per heavy atom. The van der Waals surface area contributed by atoms with Crippen molar-refractivity contribution in [2.45, 2.75) is 26.8 Å². The quantitative estimate of drug-likeness (QED) is 0.914. The summed E-state index contributed by atoms with van der Waals surface area (Å²) in [6, 6.07) is 9.80. The second-order valence-corrected chi connectivity index (χ2v) is 4.69. The SMILES string of the molecule is CCOc1ccc(C(N)c2ncc(C)cc2C)cc1. The summed E-state index contributed by atoms with van der Waals surface area (Å²) in [5, 5.41) is 0. The van der Waals surface area contributed by atoms with Gasteiger partial charge in [-0.1, -0.05) is 18.2 Å². The Bertz CT molecular complexity index is 549. The molecule has 0 fully saturated rings. The molecular weight excluding hydrogens is 236 g/mol. The largest absolute Gasteiger partial charge is 0.494 e. The molecule has 0 spiro atoms. The van der Waals surface area contributed by atoms with Crippen LogP contribution < -0.4 is 10.5 Å². The lowest BCUT2D eigenvalue weighted by Crippen LogP contribution is -2.15. The van der Waals surface area contributed by atoms with Gasteiger partial charge in [0.15, 0.2) is 0 Å². The molecule has 100 valence electrons. The number of aromatic nitrogens is 1. The van der Waals surface area contributed by atoms with Crippen molar-refractivity contribution < 1.29 is 4.74 Å². The zero-order valence-corrected chi connectivity index (χ0v) is 11.7. The van der Waals surface area contributed by atoms with Crippen molar-refractivity contribution in [3.05, 3.63) is 58.9 Å². The number of aryl methyl sites for hydroxylation is 2. The first-order valence-electron chi connectivity index (χ1n) is 6.53. The van der Waals surface area contributed by atoms with Gasteiger partial charge in [-0.2, -0.15) is 0 Å². The molecule has 1 atom stereocenters. The molecule has 19 heavy (non-hydrogen) atoms. The van der Waals surface area contributed by atoms with Crippen LogP contribution in [0.15, 0.2) is 36.5 Å². The van der Waals surface area contributed by atoms with Crippen LogP contribution in [0.3, 0.4) is 0 Å². The second kappa shape index (κ2) is 5.85. The zero-order valence-electron chi connectivity index (χ0n) is 11.7. The summed E-state index contributed by atoms with van der Waals surface area (Å²) in [7, 11) is 0. The number of pyridine rings is 1. The minimum atomic E-state index is -0.198. The van der Waals surface area contributed by atoms with Gasteiger partial charge >= 0.3 is 0 Å². The number of nitrogens with zero attached hydrogens (tertiary/aromatic N) is 1. The van der Waals surface area contributed by atoms with E-state index in [0.717, 1.165) is 28.1 Å². The van der Waals surface area contributed by atoms with Crippen molar-refractivity contribution in [3.63, 3.8) is 0 Å². The van der Waals surface area contributed by atoms with Gasteiger partial charge in [0.05, 0.1) is 18.3 Å². The number of nitrogens with two attached hydrogens (primary N) is 1. The topological polar surface area (TPSA) is 48.1 Å². The van der Waals surface area contributed by atoms with Crippen LogP contribution in [-0.4, -0.2) is 11.6 Å². The first-order chi connectivity index (χ1) is 9.11. The molecule has 1 aromatic heterocycles. The van der Waals surface area contributed by atoms with Crippen molar-refractivity contribution in [1.29, 1.82) is 0 Å². The van der Waals surface area contributed by atoms with Crippen molar-refractivity contribution in [2.24, 2.45) is 5.73 Å². The fraction of sp³-hybridized carbons (Fsp3) is 0.312. The molecule has 0 aliphatic heterocycles. The average Bonchev–Trinajstić information content (AvgIpc) is 2.39. The second-order valence-electron chi connectivity index (χ2n) is 4.69. The Morgan fingerprint density at radius 2 is 1.89 bits per heavy atom. The Kier molecular flexibility index (Phi) is 4.17. The molecule has 0 amide bonds. The standard InChI is InChI=1S/C16H20N2O/c1-4-19-14-7-5-13(6-8-14)15(17)16-12(3)9-11(2)10-18-16/h5-10,15H,4,17H2,1-3H3.